The van der Waals surface area contributed by atoms with E-state index in [4.69, 9.17) is 11.6 Å². The highest BCUT2D eigenvalue weighted by Gasteiger charge is 2.34. The third-order valence-electron chi connectivity index (χ3n) is 2.02. The maximum Gasteiger partial charge on any atom is 0.419 e. The number of para-hydroxylation sites is 1. The molecule has 78 valence electrons. The Morgan fingerprint density at radius 1 is 1.13 bits per heavy atom. The molecular formula is C10H5ClF3N. The molecule has 0 saturated carbocycles. The first-order valence-electron chi connectivity index (χ1n) is 4.10. The van der Waals surface area contributed by atoms with E-state index in [9.17, 15) is 13.2 Å². The second kappa shape index (κ2) is 3.38. The van der Waals surface area contributed by atoms with E-state index in [0.29, 0.717) is 10.9 Å². The maximum absolute atomic E-state index is 12.5. The number of hydrogen-bond acceptors (Lipinski definition) is 1. The first-order valence-corrected chi connectivity index (χ1v) is 4.48. The number of aromatic nitrogens is 1. The Bertz CT molecular complexity index is 507. The molecule has 15 heavy (non-hydrogen) atoms. The van der Waals surface area contributed by atoms with Gasteiger partial charge in [0.15, 0.2) is 0 Å². The van der Waals surface area contributed by atoms with E-state index in [1.807, 2.05) is 0 Å². The molecule has 1 heterocycles. The molecule has 0 bridgehead atoms. The summed E-state index contributed by atoms with van der Waals surface area (Å²) >= 11 is 5.67. The van der Waals surface area contributed by atoms with Crippen LogP contribution in [0.1, 0.15) is 5.56 Å². The molecule has 0 spiro atoms. The molecule has 1 aromatic carbocycles. The van der Waals surface area contributed by atoms with Gasteiger partial charge in [-0.25, -0.2) is 0 Å². The second-order valence-electron chi connectivity index (χ2n) is 3.00. The van der Waals surface area contributed by atoms with E-state index < -0.39 is 11.7 Å². The van der Waals surface area contributed by atoms with E-state index in [2.05, 4.69) is 4.98 Å². The largest absolute Gasteiger partial charge is 0.419 e. The molecule has 2 rings (SSSR count). The van der Waals surface area contributed by atoms with Crippen LogP contribution in [0.25, 0.3) is 10.9 Å². The standard InChI is InChI=1S/C10H5ClF3N/c11-9-6-3-1-2-4-8(6)15-5-7(9)10(12,13)14/h1-5H. The summed E-state index contributed by atoms with van der Waals surface area (Å²) in [6, 6.07) is 6.44. The van der Waals surface area contributed by atoms with E-state index in [0.717, 1.165) is 6.20 Å². The summed E-state index contributed by atoms with van der Waals surface area (Å²) < 4.78 is 37.4. The summed E-state index contributed by atoms with van der Waals surface area (Å²) in [6.07, 6.45) is -3.71. The number of halogens is 4. The van der Waals surface area contributed by atoms with Crippen LogP contribution in [0, 0.1) is 0 Å². The molecule has 0 unspecified atom stereocenters. The van der Waals surface area contributed by atoms with E-state index in [1.165, 1.54) is 6.07 Å². The molecular weight excluding hydrogens is 227 g/mol. The van der Waals surface area contributed by atoms with Gasteiger partial charge in [0, 0.05) is 11.6 Å². The van der Waals surface area contributed by atoms with Gasteiger partial charge in [0.2, 0.25) is 0 Å². The van der Waals surface area contributed by atoms with Gasteiger partial charge in [-0.3, -0.25) is 4.98 Å². The first kappa shape index (κ1) is 10.2. The Morgan fingerprint density at radius 2 is 1.80 bits per heavy atom. The van der Waals surface area contributed by atoms with Crippen LogP contribution in [0.3, 0.4) is 0 Å². The topological polar surface area (TPSA) is 12.9 Å². The minimum atomic E-state index is -4.46. The van der Waals surface area contributed by atoms with Crippen molar-refractivity contribution in [2.45, 2.75) is 6.18 Å². The summed E-state index contributed by atoms with van der Waals surface area (Å²) in [5.41, 5.74) is -0.446. The lowest BCUT2D eigenvalue weighted by molar-refractivity contribution is -0.137. The zero-order valence-electron chi connectivity index (χ0n) is 7.35. The fraction of sp³-hybridized carbons (Fsp3) is 0.100. The third-order valence-corrected chi connectivity index (χ3v) is 2.42. The molecule has 0 radical (unpaired) electrons. The minimum Gasteiger partial charge on any atom is -0.256 e. The highest BCUT2D eigenvalue weighted by atomic mass is 35.5. The average molecular weight is 232 g/mol. The number of nitrogens with zero attached hydrogens (tertiary/aromatic N) is 1. The maximum atomic E-state index is 12.5. The van der Waals surface area contributed by atoms with Gasteiger partial charge in [0.25, 0.3) is 0 Å². The van der Waals surface area contributed by atoms with Crippen molar-refractivity contribution in [2.75, 3.05) is 0 Å². The molecule has 0 atom stereocenters. The predicted octanol–water partition coefficient (Wildman–Crippen LogP) is 3.91. The van der Waals surface area contributed by atoms with Crippen LogP contribution in [0.2, 0.25) is 5.02 Å². The van der Waals surface area contributed by atoms with E-state index >= 15 is 0 Å². The highest BCUT2D eigenvalue weighted by Crippen LogP contribution is 2.37. The van der Waals surface area contributed by atoms with Crippen molar-refractivity contribution in [3.63, 3.8) is 0 Å². The smallest absolute Gasteiger partial charge is 0.256 e. The van der Waals surface area contributed by atoms with Crippen molar-refractivity contribution in [2.24, 2.45) is 0 Å². The van der Waals surface area contributed by atoms with Gasteiger partial charge in [-0.1, -0.05) is 29.8 Å². The Morgan fingerprint density at radius 3 is 2.47 bits per heavy atom. The number of benzene rings is 1. The molecule has 0 fully saturated rings. The van der Waals surface area contributed by atoms with Gasteiger partial charge in [-0.05, 0) is 6.07 Å². The summed E-state index contributed by atoms with van der Waals surface area (Å²) in [4.78, 5) is 3.70. The predicted molar refractivity (Wildman–Crippen MR) is 51.8 cm³/mol. The summed E-state index contributed by atoms with van der Waals surface area (Å²) in [7, 11) is 0. The molecule has 0 N–H and O–H groups in total. The quantitative estimate of drug-likeness (QED) is 0.670. The van der Waals surface area contributed by atoms with Gasteiger partial charge in [0.1, 0.15) is 0 Å². The Labute approximate surface area is 88.5 Å². The zero-order valence-corrected chi connectivity index (χ0v) is 8.10. The van der Waals surface area contributed by atoms with Crippen LogP contribution in [-0.4, -0.2) is 4.98 Å². The van der Waals surface area contributed by atoms with Crippen molar-refractivity contribution in [3.05, 3.63) is 41.0 Å². The molecule has 0 aliphatic heterocycles. The van der Waals surface area contributed by atoms with Gasteiger partial charge >= 0.3 is 6.18 Å². The Kier molecular flexibility index (Phi) is 2.31. The molecule has 0 amide bonds. The van der Waals surface area contributed by atoms with Gasteiger partial charge in [-0.15, -0.1) is 0 Å². The third kappa shape index (κ3) is 1.77. The van der Waals surface area contributed by atoms with Crippen molar-refractivity contribution in [3.8, 4) is 0 Å². The zero-order chi connectivity index (χ0) is 11.1. The number of fused-ring (bicyclic) bond motifs is 1. The lowest BCUT2D eigenvalue weighted by Crippen LogP contribution is -2.06. The SMILES string of the molecule is FC(F)(F)c1cnc2ccccc2c1Cl. The first-order chi connectivity index (χ1) is 7.00. The van der Waals surface area contributed by atoms with E-state index in [-0.39, 0.29) is 5.02 Å². The molecule has 2 aromatic rings. The monoisotopic (exact) mass is 231 g/mol. The van der Waals surface area contributed by atoms with Crippen molar-refractivity contribution in [1.29, 1.82) is 0 Å². The average Bonchev–Trinajstić information content (AvgIpc) is 2.16. The Hall–Kier alpha value is -1.29. The molecule has 5 heteroatoms. The second-order valence-corrected chi connectivity index (χ2v) is 3.38. The molecule has 1 aromatic heterocycles. The fourth-order valence-electron chi connectivity index (χ4n) is 1.31. The van der Waals surface area contributed by atoms with Crippen LogP contribution >= 0.6 is 11.6 Å². The van der Waals surface area contributed by atoms with Gasteiger partial charge in [0.05, 0.1) is 16.1 Å². The summed E-state index contributed by atoms with van der Waals surface area (Å²) in [5.74, 6) is 0. The van der Waals surface area contributed by atoms with Crippen LogP contribution < -0.4 is 0 Å². The van der Waals surface area contributed by atoms with Crippen LogP contribution in [0.4, 0.5) is 13.2 Å². The normalized spacial score (nSPS) is 12.0. The molecule has 1 nitrogen and oxygen atoms in total. The van der Waals surface area contributed by atoms with E-state index in [1.54, 1.807) is 18.2 Å². The molecule has 0 aliphatic rings. The number of rotatable bonds is 0. The number of alkyl halides is 3. The van der Waals surface area contributed by atoms with Crippen molar-refractivity contribution < 1.29 is 13.2 Å². The summed E-state index contributed by atoms with van der Waals surface area (Å²) in [5, 5.41) is 0.0158. The summed E-state index contributed by atoms with van der Waals surface area (Å²) in [6.45, 7) is 0. The van der Waals surface area contributed by atoms with Crippen LogP contribution in [-0.2, 0) is 6.18 Å². The lowest BCUT2D eigenvalue weighted by Gasteiger charge is -2.09. The highest BCUT2D eigenvalue weighted by molar-refractivity contribution is 6.36. The minimum absolute atomic E-state index is 0.298. The number of pyridine rings is 1. The molecule has 0 saturated heterocycles. The van der Waals surface area contributed by atoms with Gasteiger partial charge < -0.3 is 0 Å². The molecule has 0 aliphatic carbocycles. The van der Waals surface area contributed by atoms with Gasteiger partial charge in [-0.2, -0.15) is 13.2 Å². The Balaban J connectivity index is 2.76. The van der Waals surface area contributed by atoms with Crippen molar-refractivity contribution >= 4 is 22.5 Å². The fourth-order valence-corrected chi connectivity index (χ4v) is 1.62. The van der Waals surface area contributed by atoms with Crippen LogP contribution in [0.15, 0.2) is 30.5 Å². The van der Waals surface area contributed by atoms with Crippen LogP contribution in [0.5, 0.6) is 0 Å². The number of hydrogen-bond donors (Lipinski definition) is 0. The van der Waals surface area contributed by atoms with Crippen molar-refractivity contribution in [1.82, 2.24) is 4.98 Å². The lowest BCUT2D eigenvalue weighted by atomic mass is 10.1.